The molecule has 7 rings (SSSR count). The Hall–Kier alpha value is -4.19. The van der Waals surface area contributed by atoms with E-state index in [1.807, 2.05) is 36.4 Å². The molecule has 2 N–H and O–H groups in total. The predicted molar refractivity (Wildman–Crippen MR) is 181 cm³/mol. The zero-order valence-electron chi connectivity index (χ0n) is 23.5. The molecule has 7 heteroatoms. The van der Waals surface area contributed by atoms with Crippen molar-refractivity contribution in [1.82, 2.24) is 0 Å². The van der Waals surface area contributed by atoms with Crippen LogP contribution in [0.15, 0.2) is 182 Å². The van der Waals surface area contributed by atoms with Gasteiger partial charge in [-0.2, -0.15) is 0 Å². The molecule has 0 saturated carbocycles. The molecule has 0 aliphatic carbocycles. The van der Waals surface area contributed by atoms with Crippen molar-refractivity contribution in [1.29, 1.82) is 0 Å². The van der Waals surface area contributed by atoms with Gasteiger partial charge >= 0.3 is 25.7 Å². The van der Waals surface area contributed by atoms with Crippen LogP contribution in [0.1, 0.15) is 0 Å². The molecule has 6 aromatic rings. The van der Waals surface area contributed by atoms with E-state index in [0.29, 0.717) is 0 Å². The second-order valence-corrected chi connectivity index (χ2v) is 20.0. The Kier molecular flexibility index (Phi) is 8.20. The summed E-state index contributed by atoms with van der Waals surface area (Å²) in [6, 6.07) is 63.2. The molecule has 0 unspecified atom stereocenters. The molecular weight excluding hydrogens is 581 g/mol. The van der Waals surface area contributed by atoms with E-state index < -0.39 is 25.7 Å². The molecule has 1 saturated heterocycles. The molecule has 0 atom stereocenters. The van der Waals surface area contributed by atoms with Crippen molar-refractivity contribution in [2.24, 2.45) is 0 Å². The van der Waals surface area contributed by atoms with Gasteiger partial charge in [0.2, 0.25) is 0 Å². The fraction of sp³-hybridized carbons (Fsp3) is 0. The lowest BCUT2D eigenvalue weighted by Crippen LogP contribution is -2.88. The summed E-state index contributed by atoms with van der Waals surface area (Å²) in [5.74, 6) is 0. The Labute approximate surface area is 255 Å². The second kappa shape index (κ2) is 12.2. The fourth-order valence-electron chi connectivity index (χ4n) is 5.82. The summed E-state index contributed by atoms with van der Waals surface area (Å²) in [7, 11) is -10.3. The molecule has 1 fully saturated rings. The molecule has 4 nitrogen and oxygen atoms in total. The molecule has 0 aromatic heterocycles. The van der Waals surface area contributed by atoms with Gasteiger partial charge in [0.05, 0.1) is 0 Å². The molecular formula is C36H32O4Si3. The molecule has 0 spiro atoms. The van der Waals surface area contributed by atoms with Crippen LogP contribution in [-0.2, 0) is 12.3 Å². The van der Waals surface area contributed by atoms with Crippen LogP contribution >= 0.6 is 0 Å². The first-order valence-corrected chi connectivity index (χ1v) is 19.6. The average molecular weight is 613 g/mol. The SMILES string of the molecule is O.c1ccc([Si]2(c3ccccc3)O[Si](c3ccccc3)(c3ccccc3)O[Si](c3ccccc3)(c3ccccc3)O2)cc1. The zero-order chi connectivity index (χ0) is 28.3. The topological polar surface area (TPSA) is 59.2 Å². The van der Waals surface area contributed by atoms with Crippen molar-refractivity contribution in [3.8, 4) is 0 Å². The average Bonchev–Trinajstić information content (AvgIpc) is 3.10. The number of rotatable bonds is 6. The third-order valence-electron chi connectivity index (χ3n) is 7.79. The van der Waals surface area contributed by atoms with Gasteiger partial charge < -0.3 is 17.8 Å². The van der Waals surface area contributed by atoms with E-state index in [9.17, 15) is 0 Å². The van der Waals surface area contributed by atoms with Gasteiger partial charge in [0.1, 0.15) is 0 Å². The molecule has 43 heavy (non-hydrogen) atoms. The lowest BCUT2D eigenvalue weighted by Gasteiger charge is -2.53. The Morgan fingerprint density at radius 3 is 0.512 bits per heavy atom. The molecule has 1 heterocycles. The van der Waals surface area contributed by atoms with Crippen molar-refractivity contribution in [3.63, 3.8) is 0 Å². The van der Waals surface area contributed by atoms with Crippen LogP contribution in [0, 0.1) is 0 Å². The van der Waals surface area contributed by atoms with Crippen LogP contribution in [-0.4, -0.2) is 31.2 Å². The van der Waals surface area contributed by atoms with E-state index in [4.69, 9.17) is 12.3 Å². The highest BCUT2D eigenvalue weighted by molar-refractivity contribution is 7.16. The number of hydrogen-bond acceptors (Lipinski definition) is 3. The smallest absolute Gasteiger partial charge is 0.390 e. The molecule has 6 aromatic carbocycles. The van der Waals surface area contributed by atoms with Gasteiger partial charge in [-0.05, 0) is 31.1 Å². The Morgan fingerprint density at radius 1 is 0.233 bits per heavy atom. The minimum Gasteiger partial charge on any atom is -0.412 e. The van der Waals surface area contributed by atoms with E-state index in [2.05, 4.69) is 146 Å². The monoisotopic (exact) mass is 612 g/mol. The molecule has 1 aliphatic heterocycles. The van der Waals surface area contributed by atoms with Crippen LogP contribution < -0.4 is 31.1 Å². The molecule has 0 bridgehead atoms. The van der Waals surface area contributed by atoms with Crippen LogP contribution in [0.5, 0.6) is 0 Å². The summed E-state index contributed by atoms with van der Waals surface area (Å²) < 4.78 is 23.3. The van der Waals surface area contributed by atoms with Crippen molar-refractivity contribution in [2.45, 2.75) is 0 Å². The van der Waals surface area contributed by atoms with Crippen LogP contribution in [0.4, 0.5) is 0 Å². The molecule has 212 valence electrons. The maximum atomic E-state index is 7.77. The van der Waals surface area contributed by atoms with Gasteiger partial charge in [-0.3, -0.25) is 0 Å². The van der Waals surface area contributed by atoms with Crippen molar-refractivity contribution in [2.75, 3.05) is 0 Å². The Bertz CT molecular complexity index is 1400. The van der Waals surface area contributed by atoms with Crippen LogP contribution in [0.2, 0.25) is 0 Å². The second-order valence-electron chi connectivity index (χ2n) is 10.4. The van der Waals surface area contributed by atoms with E-state index in [0.717, 1.165) is 31.1 Å². The van der Waals surface area contributed by atoms with Crippen LogP contribution in [0.3, 0.4) is 0 Å². The summed E-state index contributed by atoms with van der Waals surface area (Å²) in [5.41, 5.74) is 0. The van der Waals surface area contributed by atoms with Crippen molar-refractivity contribution >= 4 is 56.8 Å². The minimum atomic E-state index is -3.44. The summed E-state index contributed by atoms with van der Waals surface area (Å²) in [6.07, 6.45) is 0. The predicted octanol–water partition coefficient (Wildman–Crippen LogP) is 2.99. The van der Waals surface area contributed by atoms with Crippen molar-refractivity contribution in [3.05, 3.63) is 182 Å². The van der Waals surface area contributed by atoms with Gasteiger partial charge in [0.15, 0.2) is 0 Å². The maximum Gasteiger partial charge on any atom is 0.390 e. The summed E-state index contributed by atoms with van der Waals surface area (Å²) in [5, 5.41) is 6.37. The van der Waals surface area contributed by atoms with Gasteiger partial charge in [-0.1, -0.05) is 182 Å². The van der Waals surface area contributed by atoms with Gasteiger partial charge in [0.25, 0.3) is 0 Å². The van der Waals surface area contributed by atoms with E-state index in [-0.39, 0.29) is 5.48 Å². The first-order valence-electron chi connectivity index (χ1n) is 14.2. The maximum absolute atomic E-state index is 7.77. The molecule has 0 amide bonds. The Morgan fingerprint density at radius 2 is 0.372 bits per heavy atom. The third kappa shape index (κ3) is 5.07. The quantitative estimate of drug-likeness (QED) is 0.272. The highest BCUT2D eigenvalue weighted by Gasteiger charge is 2.67. The summed E-state index contributed by atoms with van der Waals surface area (Å²) >= 11 is 0. The fourth-order valence-corrected chi connectivity index (χ4v) is 22.7. The van der Waals surface area contributed by atoms with E-state index in [1.165, 1.54) is 0 Å². The molecule has 0 radical (unpaired) electrons. The number of hydrogen-bond donors (Lipinski definition) is 0. The van der Waals surface area contributed by atoms with Crippen LogP contribution in [0.25, 0.3) is 0 Å². The van der Waals surface area contributed by atoms with Gasteiger partial charge in [-0.15, -0.1) is 0 Å². The normalized spacial score (nSPS) is 16.5. The van der Waals surface area contributed by atoms with Crippen molar-refractivity contribution < 1.29 is 17.8 Å². The third-order valence-corrected chi connectivity index (χ3v) is 21.2. The minimum absolute atomic E-state index is 0. The standard InChI is InChI=1S/C36H30O3Si3.H2O/c1-7-19-31(20-8-1)40(32-21-9-2-10-22-32)37-41(33-23-11-3-12-24-33,34-25-13-4-14-26-34)39-42(38-40,35-27-15-5-16-28-35)36-29-17-6-18-30-36;/h1-30H;1H2. The van der Waals surface area contributed by atoms with Gasteiger partial charge in [-0.25, -0.2) is 0 Å². The lowest BCUT2D eigenvalue weighted by molar-refractivity contribution is 0.268. The summed E-state index contributed by atoms with van der Waals surface area (Å²) in [6.45, 7) is 0. The zero-order valence-corrected chi connectivity index (χ0v) is 26.5. The van der Waals surface area contributed by atoms with E-state index in [1.54, 1.807) is 0 Å². The largest absolute Gasteiger partial charge is 0.412 e. The number of benzene rings is 6. The first kappa shape index (κ1) is 28.9. The highest BCUT2D eigenvalue weighted by Crippen LogP contribution is 2.31. The summed E-state index contributed by atoms with van der Waals surface area (Å²) in [4.78, 5) is 0. The lowest BCUT2D eigenvalue weighted by atomic mass is 10.4. The highest BCUT2D eigenvalue weighted by atomic mass is 28.5. The van der Waals surface area contributed by atoms with E-state index >= 15 is 0 Å². The first-order chi connectivity index (χ1) is 20.8. The van der Waals surface area contributed by atoms with Gasteiger partial charge in [0, 0.05) is 0 Å². The molecule has 1 aliphatic rings. The Balaban J connectivity index is 0.00000329.